The van der Waals surface area contributed by atoms with Crippen LogP contribution >= 0.6 is 23.2 Å². The van der Waals surface area contributed by atoms with Crippen molar-refractivity contribution in [3.05, 3.63) is 33.8 Å². The summed E-state index contributed by atoms with van der Waals surface area (Å²) in [6, 6.07) is 5.69. The summed E-state index contributed by atoms with van der Waals surface area (Å²) in [5, 5.41) is 1.01. The lowest BCUT2D eigenvalue weighted by molar-refractivity contribution is -0.123. The second kappa shape index (κ2) is 6.05. The second-order valence-corrected chi connectivity index (χ2v) is 5.75. The molecule has 0 aliphatic heterocycles. The largest absolute Gasteiger partial charge is 0.328 e. The zero-order chi connectivity index (χ0) is 13.1. The minimum Gasteiger partial charge on any atom is -0.328 e. The van der Waals surface area contributed by atoms with Crippen molar-refractivity contribution in [3.8, 4) is 0 Å². The van der Waals surface area contributed by atoms with Gasteiger partial charge in [-0.1, -0.05) is 35.3 Å². The molecule has 1 saturated carbocycles. The molecule has 2 rings (SSSR count). The number of carbonyl (C=O) groups is 1. The van der Waals surface area contributed by atoms with Gasteiger partial charge in [0, 0.05) is 18.4 Å². The van der Waals surface area contributed by atoms with Gasteiger partial charge in [-0.05, 0) is 37.3 Å². The number of benzene rings is 1. The molecule has 1 aliphatic carbocycles. The number of ketones is 1. The molecule has 2 nitrogen and oxygen atoms in total. The van der Waals surface area contributed by atoms with Crippen LogP contribution in [-0.4, -0.2) is 11.8 Å². The number of carbonyl (C=O) groups excluding carboxylic acids is 1. The van der Waals surface area contributed by atoms with E-state index >= 15 is 0 Å². The topological polar surface area (TPSA) is 43.1 Å². The molecule has 0 atom stereocenters. The number of Topliss-reactive ketones (excluding diaryl/α,β-unsaturated/α-hetero) is 1. The second-order valence-electron chi connectivity index (χ2n) is 4.97. The Morgan fingerprint density at radius 1 is 1.22 bits per heavy atom. The van der Waals surface area contributed by atoms with Crippen LogP contribution in [0.1, 0.15) is 31.2 Å². The summed E-state index contributed by atoms with van der Waals surface area (Å²) in [5.74, 6) is 0.394. The van der Waals surface area contributed by atoms with Crippen LogP contribution in [0.5, 0.6) is 0 Å². The molecule has 1 fully saturated rings. The maximum atomic E-state index is 12.2. The van der Waals surface area contributed by atoms with Crippen molar-refractivity contribution < 1.29 is 4.79 Å². The summed E-state index contributed by atoms with van der Waals surface area (Å²) in [6.45, 7) is 0. The van der Waals surface area contributed by atoms with Crippen LogP contribution in [0, 0.1) is 5.92 Å². The third-order valence-corrected chi connectivity index (χ3v) is 4.48. The van der Waals surface area contributed by atoms with Crippen LogP contribution < -0.4 is 5.73 Å². The van der Waals surface area contributed by atoms with E-state index in [9.17, 15) is 4.79 Å². The summed E-state index contributed by atoms with van der Waals surface area (Å²) in [5.41, 5.74) is 6.67. The predicted molar refractivity (Wildman–Crippen MR) is 75.1 cm³/mol. The molecule has 0 unspecified atom stereocenters. The van der Waals surface area contributed by atoms with E-state index in [-0.39, 0.29) is 17.7 Å². The van der Waals surface area contributed by atoms with E-state index in [1.807, 2.05) is 12.1 Å². The summed E-state index contributed by atoms with van der Waals surface area (Å²) in [7, 11) is 0. The number of halogens is 2. The predicted octanol–water partition coefficient (Wildman–Crippen LogP) is 3.62. The maximum absolute atomic E-state index is 12.2. The van der Waals surface area contributed by atoms with Crippen molar-refractivity contribution in [3.63, 3.8) is 0 Å². The molecule has 1 aromatic carbocycles. The van der Waals surface area contributed by atoms with Gasteiger partial charge in [-0.15, -0.1) is 0 Å². The standard InChI is InChI=1S/C14H17Cl2NO/c15-12-3-1-2-10(14(12)16)8-13(18)9-4-6-11(17)7-5-9/h1-3,9,11H,4-8,17H2. The number of nitrogens with two attached hydrogens (primary N) is 1. The Morgan fingerprint density at radius 3 is 2.56 bits per heavy atom. The molecule has 1 aliphatic rings. The molecule has 18 heavy (non-hydrogen) atoms. The van der Waals surface area contributed by atoms with Gasteiger partial charge in [0.25, 0.3) is 0 Å². The van der Waals surface area contributed by atoms with Crippen molar-refractivity contribution in [1.29, 1.82) is 0 Å². The number of rotatable bonds is 3. The van der Waals surface area contributed by atoms with Crippen LogP contribution in [-0.2, 0) is 11.2 Å². The minimum absolute atomic E-state index is 0.139. The number of hydrogen-bond donors (Lipinski definition) is 1. The Hall–Kier alpha value is -0.570. The van der Waals surface area contributed by atoms with Crippen molar-refractivity contribution in [1.82, 2.24) is 0 Å². The Labute approximate surface area is 117 Å². The highest BCUT2D eigenvalue weighted by molar-refractivity contribution is 6.42. The van der Waals surface area contributed by atoms with Gasteiger partial charge >= 0.3 is 0 Å². The molecule has 0 aromatic heterocycles. The van der Waals surface area contributed by atoms with Crippen molar-refractivity contribution in [2.75, 3.05) is 0 Å². The zero-order valence-electron chi connectivity index (χ0n) is 10.2. The van der Waals surface area contributed by atoms with E-state index in [0.717, 1.165) is 31.2 Å². The van der Waals surface area contributed by atoms with Gasteiger partial charge in [-0.25, -0.2) is 0 Å². The lowest BCUT2D eigenvalue weighted by Gasteiger charge is -2.25. The Bertz CT molecular complexity index is 439. The molecule has 0 amide bonds. The SMILES string of the molecule is NC1CCC(C(=O)Cc2cccc(Cl)c2Cl)CC1. The van der Waals surface area contributed by atoms with Gasteiger partial charge in [-0.2, -0.15) is 0 Å². The van der Waals surface area contributed by atoms with Crippen molar-refractivity contribution in [2.24, 2.45) is 11.7 Å². The fourth-order valence-electron chi connectivity index (χ4n) is 2.46. The highest BCUT2D eigenvalue weighted by atomic mass is 35.5. The van der Waals surface area contributed by atoms with Crippen molar-refractivity contribution in [2.45, 2.75) is 38.1 Å². The third kappa shape index (κ3) is 3.25. The van der Waals surface area contributed by atoms with E-state index in [0.29, 0.717) is 16.5 Å². The molecular weight excluding hydrogens is 269 g/mol. The fourth-order valence-corrected chi connectivity index (χ4v) is 2.85. The van der Waals surface area contributed by atoms with E-state index in [4.69, 9.17) is 28.9 Å². The molecule has 0 saturated heterocycles. The Kier molecular flexibility index (Phi) is 4.66. The molecule has 0 spiro atoms. The van der Waals surface area contributed by atoms with E-state index < -0.39 is 0 Å². The van der Waals surface area contributed by atoms with Crippen LogP contribution in [0.15, 0.2) is 18.2 Å². The van der Waals surface area contributed by atoms with Crippen LogP contribution in [0.3, 0.4) is 0 Å². The molecule has 2 N–H and O–H groups in total. The van der Waals surface area contributed by atoms with Crippen LogP contribution in [0.2, 0.25) is 10.0 Å². The molecule has 0 heterocycles. The lowest BCUT2D eigenvalue weighted by Crippen LogP contribution is -2.30. The lowest BCUT2D eigenvalue weighted by atomic mass is 9.82. The van der Waals surface area contributed by atoms with Crippen LogP contribution in [0.25, 0.3) is 0 Å². The zero-order valence-corrected chi connectivity index (χ0v) is 11.7. The molecule has 0 bridgehead atoms. The first-order chi connectivity index (χ1) is 8.58. The maximum Gasteiger partial charge on any atom is 0.140 e. The van der Waals surface area contributed by atoms with Gasteiger partial charge < -0.3 is 5.73 Å². The summed E-state index contributed by atoms with van der Waals surface area (Å²) >= 11 is 12.0. The van der Waals surface area contributed by atoms with Crippen molar-refractivity contribution >= 4 is 29.0 Å². The summed E-state index contributed by atoms with van der Waals surface area (Å²) in [4.78, 5) is 12.2. The van der Waals surface area contributed by atoms with E-state index in [1.54, 1.807) is 6.07 Å². The molecule has 98 valence electrons. The molecule has 1 aromatic rings. The average Bonchev–Trinajstić information content (AvgIpc) is 2.36. The first-order valence-electron chi connectivity index (χ1n) is 6.29. The highest BCUT2D eigenvalue weighted by Gasteiger charge is 2.24. The minimum atomic E-state index is 0.139. The monoisotopic (exact) mass is 285 g/mol. The van der Waals surface area contributed by atoms with Gasteiger partial charge in [0.2, 0.25) is 0 Å². The highest BCUT2D eigenvalue weighted by Crippen LogP contribution is 2.29. The van der Waals surface area contributed by atoms with Gasteiger partial charge in [0.15, 0.2) is 0 Å². The summed E-state index contributed by atoms with van der Waals surface area (Å²) in [6.07, 6.45) is 4.06. The third-order valence-electron chi connectivity index (χ3n) is 3.62. The first-order valence-corrected chi connectivity index (χ1v) is 7.04. The fraction of sp³-hybridized carbons (Fsp3) is 0.500. The quantitative estimate of drug-likeness (QED) is 0.922. The van der Waals surface area contributed by atoms with Gasteiger partial charge in [0.05, 0.1) is 10.0 Å². The Balaban J connectivity index is 2.01. The molecule has 4 heteroatoms. The summed E-state index contributed by atoms with van der Waals surface area (Å²) < 4.78 is 0. The average molecular weight is 286 g/mol. The molecular formula is C14H17Cl2NO. The normalized spacial score (nSPS) is 23.9. The van der Waals surface area contributed by atoms with Gasteiger partial charge in [-0.3, -0.25) is 4.79 Å². The van der Waals surface area contributed by atoms with E-state index in [1.165, 1.54) is 0 Å². The van der Waals surface area contributed by atoms with Gasteiger partial charge in [0.1, 0.15) is 5.78 Å². The van der Waals surface area contributed by atoms with E-state index in [2.05, 4.69) is 0 Å². The first kappa shape index (κ1) is 13.9. The number of hydrogen-bond acceptors (Lipinski definition) is 2. The smallest absolute Gasteiger partial charge is 0.140 e. The van der Waals surface area contributed by atoms with Crippen LogP contribution in [0.4, 0.5) is 0 Å². The molecule has 0 radical (unpaired) electrons. The Morgan fingerprint density at radius 2 is 1.89 bits per heavy atom.